The van der Waals surface area contributed by atoms with Crippen molar-refractivity contribution in [2.45, 2.75) is 36.2 Å². The first-order valence-corrected chi connectivity index (χ1v) is 8.25. The molecule has 3 rings (SSSR count). The lowest BCUT2D eigenvalue weighted by molar-refractivity contribution is 0.277. The summed E-state index contributed by atoms with van der Waals surface area (Å²) in [6, 6.07) is 5.84. The van der Waals surface area contributed by atoms with Gasteiger partial charge in [0, 0.05) is 12.1 Å². The number of aliphatic hydroxyl groups is 1. The zero-order valence-electron chi connectivity index (χ0n) is 12.1. The molecule has 1 fully saturated rings. The number of thioether (sulfide) groups is 1. The second-order valence-electron chi connectivity index (χ2n) is 5.41. The summed E-state index contributed by atoms with van der Waals surface area (Å²) in [5, 5.41) is 10.4. The zero-order valence-corrected chi connectivity index (χ0v) is 12.9. The number of fused-ring (bicyclic) bond motifs is 1. The summed E-state index contributed by atoms with van der Waals surface area (Å²) in [4.78, 5) is 7.83. The molecule has 0 aliphatic heterocycles. The molecule has 4 N–H and O–H groups in total. The van der Waals surface area contributed by atoms with Gasteiger partial charge in [0.25, 0.3) is 0 Å². The van der Waals surface area contributed by atoms with E-state index in [0.29, 0.717) is 12.5 Å². The number of H-pyrrole nitrogens is 1. The number of aromatic nitrogens is 2. The lowest BCUT2D eigenvalue weighted by atomic mass is 10.1. The van der Waals surface area contributed by atoms with Gasteiger partial charge in [-0.15, -0.1) is 0 Å². The molecule has 114 valence electrons. The lowest BCUT2D eigenvalue weighted by Crippen LogP contribution is -2.36. The Kier molecular flexibility index (Phi) is 4.37. The molecule has 21 heavy (non-hydrogen) atoms. The number of nitrogens with one attached hydrogen (secondary N) is 1. The number of aromatic amines is 1. The highest BCUT2D eigenvalue weighted by atomic mass is 32.2. The number of hydrogen-bond acceptors (Lipinski definition) is 5. The molecule has 2 atom stereocenters. The number of rotatable bonds is 7. The second-order valence-corrected chi connectivity index (χ2v) is 6.64. The van der Waals surface area contributed by atoms with Crippen LogP contribution in [0.1, 0.15) is 19.8 Å². The van der Waals surface area contributed by atoms with Crippen LogP contribution in [0.3, 0.4) is 0 Å². The van der Waals surface area contributed by atoms with Crippen molar-refractivity contribution in [3.8, 4) is 5.75 Å². The maximum absolute atomic E-state index is 9.56. The largest absolute Gasteiger partial charge is 0.494 e. The van der Waals surface area contributed by atoms with Crippen molar-refractivity contribution in [1.29, 1.82) is 0 Å². The van der Waals surface area contributed by atoms with Gasteiger partial charge in [0.2, 0.25) is 0 Å². The highest BCUT2D eigenvalue weighted by Crippen LogP contribution is 2.37. The number of nitrogens with zero attached hydrogens (tertiary/aromatic N) is 1. The molecule has 2 aromatic rings. The van der Waals surface area contributed by atoms with Crippen LogP contribution >= 0.6 is 11.8 Å². The summed E-state index contributed by atoms with van der Waals surface area (Å²) in [6.07, 6.45) is 2.35. The molecule has 1 aliphatic carbocycles. The third-order valence-electron chi connectivity index (χ3n) is 3.78. The predicted octanol–water partition coefficient (Wildman–Crippen LogP) is 2.15. The third kappa shape index (κ3) is 3.33. The van der Waals surface area contributed by atoms with Crippen LogP contribution in [-0.4, -0.2) is 39.6 Å². The van der Waals surface area contributed by atoms with Gasteiger partial charge in [0.1, 0.15) is 5.75 Å². The second kappa shape index (κ2) is 6.25. The van der Waals surface area contributed by atoms with E-state index in [0.717, 1.165) is 21.9 Å². The molecule has 6 heteroatoms. The number of aliphatic hydroxyl groups excluding tert-OH is 1. The van der Waals surface area contributed by atoms with Crippen LogP contribution in [0.25, 0.3) is 11.0 Å². The Labute approximate surface area is 128 Å². The number of nitrogens with two attached hydrogens (primary N) is 1. The summed E-state index contributed by atoms with van der Waals surface area (Å²) in [5.74, 6) is 1.39. The Bertz CT molecular complexity index is 612. The van der Waals surface area contributed by atoms with Crippen LogP contribution in [0, 0.1) is 5.92 Å². The van der Waals surface area contributed by atoms with Crippen LogP contribution in [0.15, 0.2) is 23.4 Å². The molecule has 1 aromatic carbocycles. The van der Waals surface area contributed by atoms with Gasteiger partial charge in [-0.05, 0) is 37.8 Å². The van der Waals surface area contributed by atoms with E-state index in [9.17, 15) is 5.11 Å². The van der Waals surface area contributed by atoms with Crippen molar-refractivity contribution in [3.63, 3.8) is 0 Å². The summed E-state index contributed by atoms with van der Waals surface area (Å²) >= 11 is 1.53. The van der Waals surface area contributed by atoms with Crippen molar-refractivity contribution < 1.29 is 9.84 Å². The minimum atomic E-state index is -0.00979. The number of ether oxygens (including phenoxy) is 1. The van der Waals surface area contributed by atoms with Gasteiger partial charge in [-0.25, -0.2) is 4.98 Å². The molecular weight excluding hydrogens is 286 g/mol. The van der Waals surface area contributed by atoms with Crippen LogP contribution in [-0.2, 0) is 0 Å². The zero-order chi connectivity index (χ0) is 14.8. The minimum Gasteiger partial charge on any atom is -0.494 e. The van der Waals surface area contributed by atoms with Gasteiger partial charge in [-0.2, -0.15) is 0 Å². The van der Waals surface area contributed by atoms with E-state index in [1.165, 1.54) is 24.6 Å². The highest BCUT2D eigenvalue weighted by molar-refractivity contribution is 7.99. The first-order valence-electron chi connectivity index (χ1n) is 7.37. The predicted molar refractivity (Wildman–Crippen MR) is 84.7 cm³/mol. The van der Waals surface area contributed by atoms with E-state index in [1.807, 2.05) is 25.1 Å². The topological polar surface area (TPSA) is 84.2 Å². The van der Waals surface area contributed by atoms with Gasteiger partial charge in [-0.3, -0.25) is 0 Å². The Hall–Kier alpha value is -1.24. The summed E-state index contributed by atoms with van der Waals surface area (Å²) in [6.45, 7) is 2.68. The Morgan fingerprint density at radius 2 is 2.33 bits per heavy atom. The van der Waals surface area contributed by atoms with Crippen molar-refractivity contribution in [2.75, 3.05) is 13.2 Å². The fourth-order valence-electron chi connectivity index (χ4n) is 2.44. The molecule has 0 saturated heterocycles. The Morgan fingerprint density at radius 1 is 1.52 bits per heavy atom. The summed E-state index contributed by atoms with van der Waals surface area (Å²) in [5.41, 5.74) is 8.04. The molecule has 2 unspecified atom stereocenters. The van der Waals surface area contributed by atoms with E-state index < -0.39 is 0 Å². The number of imidazole rings is 1. The van der Waals surface area contributed by atoms with Crippen LogP contribution in [0.5, 0.6) is 5.75 Å². The maximum Gasteiger partial charge on any atom is 0.166 e. The van der Waals surface area contributed by atoms with Crippen molar-refractivity contribution in [2.24, 2.45) is 11.7 Å². The molecular formula is C15H21N3O2S. The average Bonchev–Trinajstić information content (AvgIpc) is 3.25. The molecule has 1 aromatic heterocycles. The normalized spacial score (nSPS) is 17.9. The molecule has 0 radical (unpaired) electrons. The van der Waals surface area contributed by atoms with E-state index in [4.69, 9.17) is 10.5 Å². The maximum atomic E-state index is 9.56. The van der Waals surface area contributed by atoms with Gasteiger partial charge >= 0.3 is 0 Å². The summed E-state index contributed by atoms with van der Waals surface area (Å²) in [7, 11) is 0. The van der Waals surface area contributed by atoms with Crippen LogP contribution in [0.4, 0.5) is 0 Å². The summed E-state index contributed by atoms with van der Waals surface area (Å²) < 4.78 is 5.49. The average molecular weight is 307 g/mol. The van der Waals surface area contributed by atoms with Gasteiger partial charge in [-0.1, -0.05) is 11.8 Å². The number of hydrogen-bond donors (Lipinski definition) is 3. The first-order chi connectivity index (χ1) is 10.2. The van der Waals surface area contributed by atoms with Crippen LogP contribution in [0.2, 0.25) is 0 Å². The van der Waals surface area contributed by atoms with Gasteiger partial charge in [0.05, 0.1) is 29.5 Å². The molecule has 1 aliphatic rings. The van der Waals surface area contributed by atoms with Crippen molar-refractivity contribution in [3.05, 3.63) is 18.2 Å². The molecule has 0 spiro atoms. The Balaban J connectivity index is 1.76. The quantitative estimate of drug-likeness (QED) is 0.683. The van der Waals surface area contributed by atoms with Gasteiger partial charge in [0.15, 0.2) is 5.16 Å². The number of benzene rings is 1. The minimum absolute atomic E-state index is 0.00979. The fourth-order valence-corrected chi connectivity index (χ4v) is 3.50. The van der Waals surface area contributed by atoms with E-state index >= 15 is 0 Å². The standard InChI is InChI=1S/C15H21N3O2S/c1-2-20-10-5-6-11-12(7-10)18-15(17-11)21-13(8-19)14(16)9-3-4-9/h5-7,9,13-14,19H,2-4,8,16H2,1H3,(H,17,18). The lowest BCUT2D eigenvalue weighted by Gasteiger charge is -2.19. The van der Waals surface area contributed by atoms with E-state index in [1.54, 1.807) is 0 Å². The molecule has 0 bridgehead atoms. The van der Waals surface area contributed by atoms with Crippen molar-refractivity contribution in [1.82, 2.24) is 9.97 Å². The van der Waals surface area contributed by atoms with Crippen molar-refractivity contribution >= 4 is 22.8 Å². The van der Waals surface area contributed by atoms with E-state index in [-0.39, 0.29) is 17.9 Å². The highest BCUT2D eigenvalue weighted by Gasteiger charge is 2.34. The Morgan fingerprint density at radius 3 is 3.00 bits per heavy atom. The molecule has 5 nitrogen and oxygen atoms in total. The molecule has 1 heterocycles. The first kappa shape index (κ1) is 14.7. The van der Waals surface area contributed by atoms with Crippen LogP contribution < -0.4 is 10.5 Å². The SMILES string of the molecule is CCOc1ccc2nc(SC(CO)C(N)C3CC3)[nH]c2c1. The molecule has 1 saturated carbocycles. The fraction of sp³-hybridized carbons (Fsp3) is 0.533. The molecule has 0 amide bonds. The monoisotopic (exact) mass is 307 g/mol. The van der Waals surface area contributed by atoms with Gasteiger partial charge < -0.3 is 20.6 Å². The third-order valence-corrected chi connectivity index (χ3v) is 4.96. The smallest absolute Gasteiger partial charge is 0.166 e. The van der Waals surface area contributed by atoms with E-state index in [2.05, 4.69) is 9.97 Å².